The zero-order chi connectivity index (χ0) is 19.5. The normalized spacial score (nSPS) is 14.3. The highest BCUT2D eigenvalue weighted by atomic mass is 32.1. The average molecular weight is 398 g/mol. The molecule has 1 aliphatic heterocycles. The van der Waals surface area contributed by atoms with Crippen molar-refractivity contribution in [2.75, 3.05) is 32.8 Å². The van der Waals surface area contributed by atoms with Gasteiger partial charge in [0.1, 0.15) is 0 Å². The molecule has 1 N–H and O–H groups in total. The molecule has 9 heteroatoms. The largest absolute Gasteiger partial charge is 0.451 e. The molecule has 0 atom stereocenters. The number of nitrogens with one attached hydrogen (secondary N) is 1. The molecule has 0 bridgehead atoms. The van der Waals surface area contributed by atoms with Crippen LogP contribution in [0.3, 0.4) is 0 Å². The number of amides is 2. The molecular weight excluding hydrogens is 380 g/mol. The van der Waals surface area contributed by atoms with Crippen LogP contribution in [-0.4, -0.2) is 70.6 Å². The summed E-state index contributed by atoms with van der Waals surface area (Å²) in [6.07, 6.45) is 0. The molecule has 0 saturated carbocycles. The summed E-state index contributed by atoms with van der Waals surface area (Å²) in [7, 11) is 0. The molecular formula is C19H18N4O4S. The maximum Gasteiger partial charge on any atom is 0.359 e. The van der Waals surface area contributed by atoms with Crippen molar-refractivity contribution in [3.8, 4) is 0 Å². The predicted octanol–water partition coefficient (Wildman–Crippen LogP) is 1.77. The maximum absolute atomic E-state index is 12.4. The molecule has 0 spiro atoms. The Hall–Kier alpha value is -3.20. The molecule has 1 aromatic carbocycles. The molecule has 28 heavy (non-hydrogen) atoms. The van der Waals surface area contributed by atoms with Gasteiger partial charge in [-0.25, -0.2) is 4.79 Å². The molecule has 1 aliphatic rings. The highest BCUT2D eigenvalue weighted by molar-refractivity contribution is 7.12. The van der Waals surface area contributed by atoms with E-state index in [4.69, 9.17) is 4.74 Å². The number of nitrogens with zero attached hydrogens (tertiary/aromatic N) is 3. The summed E-state index contributed by atoms with van der Waals surface area (Å²) < 4.78 is 5.15. The van der Waals surface area contributed by atoms with Crippen LogP contribution in [-0.2, 0) is 9.53 Å². The van der Waals surface area contributed by atoms with Crippen molar-refractivity contribution in [1.29, 1.82) is 0 Å². The summed E-state index contributed by atoms with van der Waals surface area (Å²) in [5, 5.41) is 9.25. The molecule has 2 aromatic heterocycles. The van der Waals surface area contributed by atoms with Gasteiger partial charge in [-0.15, -0.1) is 11.3 Å². The number of aromatic amines is 1. The van der Waals surface area contributed by atoms with Crippen LogP contribution >= 0.6 is 11.3 Å². The van der Waals surface area contributed by atoms with Crippen molar-refractivity contribution in [3.05, 3.63) is 52.3 Å². The summed E-state index contributed by atoms with van der Waals surface area (Å²) in [6, 6.07) is 10.8. The van der Waals surface area contributed by atoms with Gasteiger partial charge in [-0.3, -0.25) is 14.7 Å². The lowest BCUT2D eigenvalue weighted by Crippen LogP contribution is -2.51. The van der Waals surface area contributed by atoms with Crippen molar-refractivity contribution < 1.29 is 19.1 Å². The fourth-order valence-electron chi connectivity index (χ4n) is 3.12. The van der Waals surface area contributed by atoms with Crippen molar-refractivity contribution in [2.24, 2.45) is 0 Å². The predicted molar refractivity (Wildman–Crippen MR) is 103 cm³/mol. The van der Waals surface area contributed by atoms with Gasteiger partial charge in [-0.05, 0) is 17.5 Å². The van der Waals surface area contributed by atoms with Gasteiger partial charge in [0.25, 0.3) is 11.8 Å². The van der Waals surface area contributed by atoms with Gasteiger partial charge in [0.2, 0.25) is 0 Å². The number of esters is 1. The van der Waals surface area contributed by atoms with Gasteiger partial charge < -0.3 is 14.5 Å². The number of hydrogen-bond donors (Lipinski definition) is 1. The quantitative estimate of drug-likeness (QED) is 0.676. The molecule has 1 fully saturated rings. The Morgan fingerprint density at radius 3 is 2.54 bits per heavy atom. The number of piperazine rings is 1. The number of fused-ring (bicyclic) bond motifs is 1. The highest BCUT2D eigenvalue weighted by Gasteiger charge is 2.26. The number of carbonyl (C=O) groups is 3. The summed E-state index contributed by atoms with van der Waals surface area (Å²) in [6.45, 7) is 1.40. The summed E-state index contributed by atoms with van der Waals surface area (Å²) in [5.74, 6) is -0.937. The summed E-state index contributed by atoms with van der Waals surface area (Å²) in [4.78, 5) is 41.0. The second-order valence-corrected chi connectivity index (χ2v) is 7.29. The average Bonchev–Trinajstić information content (AvgIpc) is 3.41. The van der Waals surface area contributed by atoms with Crippen LogP contribution in [0.2, 0.25) is 0 Å². The second-order valence-electron chi connectivity index (χ2n) is 6.34. The smallest absolute Gasteiger partial charge is 0.359 e. The van der Waals surface area contributed by atoms with Crippen LogP contribution in [0.5, 0.6) is 0 Å². The fourth-order valence-corrected chi connectivity index (χ4v) is 3.81. The Bertz CT molecular complexity index is 1010. The first-order chi connectivity index (χ1) is 13.6. The van der Waals surface area contributed by atoms with Crippen molar-refractivity contribution in [3.63, 3.8) is 0 Å². The van der Waals surface area contributed by atoms with Crippen LogP contribution in [0.15, 0.2) is 41.8 Å². The van der Waals surface area contributed by atoms with Crippen molar-refractivity contribution >= 4 is 40.0 Å². The third-order valence-corrected chi connectivity index (χ3v) is 5.50. The number of rotatable bonds is 4. The Kier molecular flexibility index (Phi) is 5.07. The molecule has 8 nitrogen and oxygen atoms in total. The molecule has 0 unspecified atom stereocenters. The lowest BCUT2D eigenvalue weighted by Gasteiger charge is -2.34. The Balaban J connectivity index is 1.29. The fraction of sp³-hybridized carbons (Fsp3) is 0.263. The van der Waals surface area contributed by atoms with Gasteiger partial charge in [-0.1, -0.05) is 24.3 Å². The zero-order valence-corrected chi connectivity index (χ0v) is 15.8. The summed E-state index contributed by atoms with van der Waals surface area (Å²) >= 11 is 1.40. The van der Waals surface area contributed by atoms with E-state index in [9.17, 15) is 14.4 Å². The summed E-state index contributed by atoms with van der Waals surface area (Å²) in [5.41, 5.74) is 0.891. The third kappa shape index (κ3) is 3.61. The first-order valence-corrected chi connectivity index (χ1v) is 9.72. The Morgan fingerprint density at radius 2 is 1.79 bits per heavy atom. The number of para-hydroxylation sites is 1. The minimum atomic E-state index is -0.641. The number of hydrogen-bond acceptors (Lipinski definition) is 6. The molecule has 0 radical (unpaired) electrons. The molecule has 0 aliphatic carbocycles. The molecule has 144 valence electrons. The van der Waals surface area contributed by atoms with E-state index in [0.29, 0.717) is 36.4 Å². The number of carbonyl (C=O) groups excluding carboxylic acids is 3. The minimum Gasteiger partial charge on any atom is -0.451 e. The van der Waals surface area contributed by atoms with E-state index in [1.165, 1.54) is 11.3 Å². The van der Waals surface area contributed by atoms with E-state index in [1.54, 1.807) is 34.1 Å². The minimum absolute atomic E-state index is 0.0149. The van der Waals surface area contributed by atoms with Crippen LogP contribution in [0, 0.1) is 0 Å². The second kappa shape index (κ2) is 7.81. The van der Waals surface area contributed by atoms with Crippen LogP contribution < -0.4 is 0 Å². The van der Waals surface area contributed by atoms with Gasteiger partial charge in [-0.2, -0.15) is 5.10 Å². The van der Waals surface area contributed by atoms with Crippen LogP contribution in [0.4, 0.5) is 0 Å². The standard InChI is InChI=1S/C19H18N4O4S/c24-16(12-27-19(26)17-13-4-1-2-5-14(13)20-21-17)22-7-9-23(10-8-22)18(25)15-6-3-11-28-15/h1-6,11H,7-10,12H2,(H,20,21). The van der Waals surface area contributed by atoms with E-state index in [-0.39, 0.29) is 24.1 Å². The molecule has 3 heterocycles. The van der Waals surface area contributed by atoms with E-state index in [1.807, 2.05) is 17.5 Å². The zero-order valence-electron chi connectivity index (χ0n) is 15.0. The lowest BCUT2D eigenvalue weighted by molar-refractivity contribution is -0.136. The SMILES string of the molecule is O=C(OCC(=O)N1CCN(C(=O)c2cccs2)CC1)c1n[nH]c2ccccc12. The van der Waals surface area contributed by atoms with Gasteiger partial charge in [0.15, 0.2) is 12.3 Å². The molecule has 4 rings (SSSR count). The molecule has 3 aromatic rings. The van der Waals surface area contributed by atoms with Gasteiger partial charge in [0.05, 0.1) is 10.4 Å². The number of ether oxygens (including phenoxy) is 1. The third-order valence-electron chi connectivity index (χ3n) is 4.64. The van der Waals surface area contributed by atoms with Crippen molar-refractivity contribution in [1.82, 2.24) is 20.0 Å². The lowest BCUT2D eigenvalue weighted by atomic mass is 10.2. The van der Waals surface area contributed by atoms with Gasteiger partial charge in [0, 0.05) is 31.6 Å². The van der Waals surface area contributed by atoms with Crippen LogP contribution in [0.1, 0.15) is 20.2 Å². The monoisotopic (exact) mass is 398 g/mol. The van der Waals surface area contributed by atoms with Gasteiger partial charge >= 0.3 is 5.97 Å². The van der Waals surface area contributed by atoms with E-state index < -0.39 is 5.97 Å². The highest BCUT2D eigenvalue weighted by Crippen LogP contribution is 2.16. The van der Waals surface area contributed by atoms with E-state index in [2.05, 4.69) is 10.2 Å². The van der Waals surface area contributed by atoms with E-state index >= 15 is 0 Å². The first kappa shape index (κ1) is 18.2. The number of H-pyrrole nitrogens is 1. The molecule has 1 saturated heterocycles. The Labute approximate surface area is 164 Å². The topological polar surface area (TPSA) is 95.6 Å². The number of thiophene rings is 1. The Morgan fingerprint density at radius 1 is 1.04 bits per heavy atom. The van der Waals surface area contributed by atoms with Crippen LogP contribution in [0.25, 0.3) is 10.9 Å². The number of benzene rings is 1. The maximum atomic E-state index is 12.4. The molecule has 2 amide bonds. The first-order valence-electron chi connectivity index (χ1n) is 8.84. The van der Waals surface area contributed by atoms with Crippen molar-refractivity contribution in [2.45, 2.75) is 0 Å². The van der Waals surface area contributed by atoms with E-state index in [0.717, 1.165) is 5.52 Å². The number of aromatic nitrogens is 2.